The third kappa shape index (κ3) is 6.31. The number of aromatic nitrogens is 3. The Kier molecular flexibility index (Phi) is 8.28. The van der Waals surface area contributed by atoms with Gasteiger partial charge in [0, 0.05) is 13.6 Å². The van der Waals surface area contributed by atoms with E-state index in [1.165, 1.54) is 22.0 Å². The van der Waals surface area contributed by atoms with Crippen molar-refractivity contribution >= 4 is 40.9 Å². The fourth-order valence-electron chi connectivity index (χ4n) is 2.84. The van der Waals surface area contributed by atoms with Gasteiger partial charge in [0.05, 0.1) is 15.8 Å². The number of halogens is 2. The summed E-state index contributed by atoms with van der Waals surface area (Å²) in [6.45, 7) is 4.88. The second kappa shape index (κ2) is 10.9. The molecule has 0 spiro atoms. The molecule has 0 bridgehead atoms. The zero-order valence-electron chi connectivity index (χ0n) is 18.1. The summed E-state index contributed by atoms with van der Waals surface area (Å²) in [7, 11) is 1.72. The number of carbonyl (C=O) groups is 1. The summed E-state index contributed by atoms with van der Waals surface area (Å²) < 4.78 is 7.11. The van der Waals surface area contributed by atoms with Crippen LogP contribution >= 0.6 is 35.0 Å². The number of hydrogen-bond acceptors (Lipinski definition) is 6. The molecule has 0 saturated carbocycles. The first kappa shape index (κ1) is 24.2. The van der Waals surface area contributed by atoms with Crippen molar-refractivity contribution in [3.05, 3.63) is 69.5 Å². The zero-order valence-corrected chi connectivity index (χ0v) is 20.4. The average Bonchev–Trinajstić information content (AvgIpc) is 3.12. The summed E-state index contributed by atoms with van der Waals surface area (Å²) in [5, 5.41) is 9.53. The van der Waals surface area contributed by atoms with Crippen molar-refractivity contribution in [1.29, 1.82) is 0 Å². The molecular weight excluding hydrogens is 469 g/mol. The highest BCUT2D eigenvalue weighted by atomic mass is 35.5. The van der Waals surface area contributed by atoms with Gasteiger partial charge in [-0.05, 0) is 41.3 Å². The normalized spacial score (nSPS) is 11.1. The fourth-order valence-corrected chi connectivity index (χ4v) is 3.97. The van der Waals surface area contributed by atoms with Crippen LogP contribution in [0.15, 0.2) is 47.6 Å². The Morgan fingerprint density at radius 1 is 1.16 bits per heavy atom. The first-order valence-electron chi connectivity index (χ1n) is 9.97. The van der Waals surface area contributed by atoms with Crippen LogP contribution in [-0.2, 0) is 17.9 Å². The van der Waals surface area contributed by atoms with Crippen LogP contribution in [0.4, 0.5) is 0 Å². The Morgan fingerprint density at radius 3 is 2.53 bits per heavy atom. The lowest BCUT2D eigenvalue weighted by Gasteiger charge is -2.17. The minimum atomic E-state index is -0.0767. The highest BCUT2D eigenvalue weighted by Crippen LogP contribution is 2.24. The molecule has 0 aliphatic rings. The topological polar surface area (TPSA) is 86.3 Å². The molecule has 0 fully saturated rings. The number of benzene rings is 2. The SMILES string of the molecule is CC(C)c1ccc(OCc2nnc(SCC(=O)N(C)Cc3ccc(Cl)c(Cl)c3)n2N)cc1. The molecule has 1 heterocycles. The molecule has 3 aromatic rings. The number of nitrogens with zero attached hydrogens (tertiary/aromatic N) is 4. The predicted octanol–water partition coefficient (Wildman–Crippen LogP) is 4.75. The molecule has 1 aromatic heterocycles. The van der Waals surface area contributed by atoms with Gasteiger partial charge < -0.3 is 15.5 Å². The van der Waals surface area contributed by atoms with E-state index in [1.54, 1.807) is 24.1 Å². The molecule has 32 heavy (non-hydrogen) atoms. The molecule has 2 N–H and O–H groups in total. The zero-order chi connectivity index (χ0) is 23.3. The standard InChI is InChI=1S/C22H25Cl2N5O2S/c1-14(2)16-5-7-17(8-6-16)31-12-20-26-27-22(29(20)25)32-13-21(30)28(3)11-15-4-9-18(23)19(24)10-15/h4-10,14H,11-13,25H2,1-3H3. The first-order valence-corrected chi connectivity index (χ1v) is 11.7. The maximum absolute atomic E-state index is 12.5. The molecule has 7 nitrogen and oxygen atoms in total. The molecular formula is C22H25Cl2N5O2S. The summed E-state index contributed by atoms with van der Waals surface area (Å²) >= 11 is 13.2. The molecule has 2 aromatic carbocycles. The third-order valence-corrected chi connectivity index (χ3v) is 6.47. The first-order chi connectivity index (χ1) is 15.2. The van der Waals surface area contributed by atoms with Crippen molar-refractivity contribution < 1.29 is 9.53 Å². The lowest BCUT2D eigenvalue weighted by molar-refractivity contribution is -0.127. The largest absolute Gasteiger partial charge is 0.486 e. The number of ether oxygens (including phenoxy) is 1. The second-order valence-corrected chi connectivity index (χ2v) is 9.33. The summed E-state index contributed by atoms with van der Waals surface area (Å²) in [5.41, 5.74) is 2.13. The average molecular weight is 494 g/mol. The Labute approximate surface area is 201 Å². The molecule has 0 saturated heterocycles. The van der Waals surface area contributed by atoms with Crippen LogP contribution in [0.2, 0.25) is 10.0 Å². The third-order valence-electron chi connectivity index (χ3n) is 4.80. The summed E-state index contributed by atoms with van der Waals surface area (Å²) in [6, 6.07) is 13.2. The van der Waals surface area contributed by atoms with Crippen LogP contribution in [0, 0.1) is 0 Å². The second-order valence-electron chi connectivity index (χ2n) is 7.57. The highest BCUT2D eigenvalue weighted by molar-refractivity contribution is 7.99. The van der Waals surface area contributed by atoms with Gasteiger partial charge in [0.25, 0.3) is 0 Å². The van der Waals surface area contributed by atoms with Crippen molar-refractivity contribution in [3.63, 3.8) is 0 Å². The van der Waals surface area contributed by atoms with E-state index in [0.717, 1.165) is 11.3 Å². The number of nitrogens with two attached hydrogens (primary N) is 1. The molecule has 3 rings (SSSR count). The van der Waals surface area contributed by atoms with Gasteiger partial charge in [-0.2, -0.15) is 0 Å². The van der Waals surface area contributed by atoms with Gasteiger partial charge in [0.15, 0.2) is 5.82 Å². The summed E-state index contributed by atoms with van der Waals surface area (Å²) in [4.78, 5) is 14.1. The smallest absolute Gasteiger partial charge is 0.233 e. The Bertz CT molecular complexity index is 1070. The van der Waals surface area contributed by atoms with E-state index in [9.17, 15) is 4.79 Å². The van der Waals surface area contributed by atoms with Crippen LogP contribution in [0.3, 0.4) is 0 Å². The molecule has 10 heteroatoms. The maximum atomic E-state index is 12.5. The molecule has 0 radical (unpaired) electrons. The Balaban J connectivity index is 1.51. The minimum Gasteiger partial charge on any atom is -0.486 e. The fraction of sp³-hybridized carbons (Fsp3) is 0.318. The van der Waals surface area contributed by atoms with E-state index in [2.05, 4.69) is 24.0 Å². The van der Waals surface area contributed by atoms with Gasteiger partial charge in [-0.1, -0.05) is 67.0 Å². The molecule has 1 amide bonds. The van der Waals surface area contributed by atoms with Gasteiger partial charge in [0.2, 0.25) is 11.1 Å². The van der Waals surface area contributed by atoms with Crippen LogP contribution in [-0.4, -0.2) is 38.5 Å². The predicted molar refractivity (Wildman–Crippen MR) is 129 cm³/mol. The molecule has 0 atom stereocenters. The molecule has 170 valence electrons. The number of carbonyl (C=O) groups excluding carboxylic acids is 1. The number of hydrogen-bond donors (Lipinski definition) is 1. The van der Waals surface area contributed by atoms with Gasteiger partial charge in [-0.25, -0.2) is 4.68 Å². The monoisotopic (exact) mass is 493 g/mol. The molecule has 0 aliphatic heterocycles. The Morgan fingerprint density at radius 2 is 1.88 bits per heavy atom. The maximum Gasteiger partial charge on any atom is 0.233 e. The molecule has 0 aliphatic carbocycles. The lowest BCUT2D eigenvalue weighted by Crippen LogP contribution is -2.28. The van der Waals surface area contributed by atoms with Gasteiger partial charge in [-0.15, -0.1) is 10.2 Å². The van der Waals surface area contributed by atoms with E-state index in [-0.39, 0.29) is 18.3 Å². The van der Waals surface area contributed by atoms with Crippen LogP contribution in [0.5, 0.6) is 5.75 Å². The van der Waals surface area contributed by atoms with Crippen molar-refractivity contribution in [2.45, 2.75) is 38.1 Å². The van der Waals surface area contributed by atoms with Gasteiger partial charge >= 0.3 is 0 Å². The van der Waals surface area contributed by atoms with E-state index < -0.39 is 0 Å². The van der Waals surface area contributed by atoms with E-state index in [0.29, 0.717) is 33.5 Å². The van der Waals surface area contributed by atoms with Crippen molar-refractivity contribution in [2.75, 3.05) is 18.6 Å². The van der Waals surface area contributed by atoms with E-state index in [4.69, 9.17) is 33.8 Å². The summed E-state index contributed by atoms with van der Waals surface area (Å²) in [5.74, 6) is 7.84. The van der Waals surface area contributed by atoms with Crippen molar-refractivity contribution in [3.8, 4) is 5.75 Å². The van der Waals surface area contributed by atoms with Crippen LogP contribution < -0.4 is 10.6 Å². The van der Waals surface area contributed by atoms with Crippen LogP contribution in [0.25, 0.3) is 0 Å². The molecule has 0 unspecified atom stereocenters. The number of nitrogen functional groups attached to an aromatic ring is 1. The van der Waals surface area contributed by atoms with Gasteiger partial charge in [0.1, 0.15) is 12.4 Å². The van der Waals surface area contributed by atoms with Crippen molar-refractivity contribution in [2.24, 2.45) is 0 Å². The van der Waals surface area contributed by atoms with Crippen LogP contribution in [0.1, 0.15) is 36.7 Å². The Hall–Kier alpha value is -2.42. The van der Waals surface area contributed by atoms with Gasteiger partial charge in [-0.3, -0.25) is 4.79 Å². The minimum absolute atomic E-state index is 0.0767. The summed E-state index contributed by atoms with van der Waals surface area (Å²) in [6.07, 6.45) is 0. The van der Waals surface area contributed by atoms with E-state index in [1.807, 2.05) is 30.3 Å². The van der Waals surface area contributed by atoms with Crippen molar-refractivity contribution in [1.82, 2.24) is 19.8 Å². The number of amides is 1. The number of rotatable bonds is 9. The van der Waals surface area contributed by atoms with E-state index >= 15 is 0 Å². The highest BCUT2D eigenvalue weighted by Gasteiger charge is 2.16. The quantitative estimate of drug-likeness (QED) is 0.341. The number of thioether (sulfide) groups is 1. The lowest BCUT2D eigenvalue weighted by atomic mass is 10.0.